The fourth-order valence-electron chi connectivity index (χ4n) is 2.44. The Labute approximate surface area is 69.0 Å². The Morgan fingerprint density at radius 2 is 2.27 bits per heavy atom. The predicted molar refractivity (Wildman–Crippen MR) is 46.7 cm³/mol. The van der Waals surface area contributed by atoms with Gasteiger partial charge in [-0.1, -0.05) is 0 Å². The standard InChI is InChI=1S/C9H18N2/c1-7(2)11-4-3-8-5-9(11)6-10-8/h7-10H,3-6H2,1-2H3. The van der Waals surface area contributed by atoms with E-state index >= 15 is 0 Å². The molecule has 0 aromatic carbocycles. The molecular weight excluding hydrogens is 136 g/mol. The number of nitrogens with zero attached hydrogens (tertiary/aromatic N) is 1. The molecule has 0 spiro atoms. The summed E-state index contributed by atoms with van der Waals surface area (Å²) in [5.41, 5.74) is 0. The van der Waals surface area contributed by atoms with Crippen molar-refractivity contribution in [3.63, 3.8) is 0 Å². The molecule has 2 atom stereocenters. The minimum absolute atomic E-state index is 0.737. The van der Waals surface area contributed by atoms with Gasteiger partial charge in [0, 0.05) is 31.2 Å². The van der Waals surface area contributed by atoms with Crippen molar-refractivity contribution in [3.8, 4) is 0 Å². The van der Waals surface area contributed by atoms with Gasteiger partial charge in [-0.25, -0.2) is 0 Å². The van der Waals surface area contributed by atoms with E-state index in [9.17, 15) is 0 Å². The lowest BCUT2D eigenvalue weighted by molar-refractivity contribution is 0.137. The second kappa shape index (κ2) is 2.76. The SMILES string of the molecule is CC(C)N1CCC2CC1CN2. The summed E-state index contributed by atoms with van der Waals surface area (Å²) in [7, 11) is 0. The number of piperidine rings is 1. The minimum atomic E-state index is 0.737. The van der Waals surface area contributed by atoms with Crippen LogP contribution in [-0.4, -0.2) is 36.1 Å². The quantitative estimate of drug-likeness (QED) is 0.602. The Morgan fingerprint density at radius 1 is 1.45 bits per heavy atom. The fraction of sp³-hybridized carbons (Fsp3) is 1.00. The summed E-state index contributed by atoms with van der Waals surface area (Å²) in [5.74, 6) is 0. The third-order valence-corrected chi connectivity index (χ3v) is 3.07. The maximum Gasteiger partial charge on any atom is 0.0238 e. The number of hydrogen-bond acceptors (Lipinski definition) is 2. The molecule has 2 rings (SSSR count). The van der Waals surface area contributed by atoms with Crippen LogP contribution in [0.2, 0.25) is 0 Å². The van der Waals surface area contributed by atoms with E-state index < -0.39 is 0 Å². The van der Waals surface area contributed by atoms with Crippen LogP contribution < -0.4 is 5.32 Å². The summed E-state index contributed by atoms with van der Waals surface area (Å²) in [6.07, 6.45) is 2.74. The third kappa shape index (κ3) is 1.30. The van der Waals surface area contributed by atoms with Gasteiger partial charge in [-0.2, -0.15) is 0 Å². The Morgan fingerprint density at radius 3 is 3.00 bits per heavy atom. The van der Waals surface area contributed by atoms with E-state index in [1.165, 1.54) is 25.9 Å². The van der Waals surface area contributed by atoms with Crippen molar-refractivity contribution < 1.29 is 0 Å². The normalized spacial score (nSPS) is 38.5. The number of hydrogen-bond donors (Lipinski definition) is 1. The molecule has 0 aromatic heterocycles. The van der Waals surface area contributed by atoms with Crippen molar-refractivity contribution in [2.75, 3.05) is 13.1 Å². The van der Waals surface area contributed by atoms with Gasteiger partial charge in [-0.05, 0) is 26.7 Å². The topological polar surface area (TPSA) is 15.3 Å². The number of likely N-dealkylation sites (tertiary alicyclic amines) is 1. The lowest BCUT2D eigenvalue weighted by Crippen LogP contribution is -2.44. The predicted octanol–water partition coefficient (Wildman–Crippen LogP) is 0.831. The summed E-state index contributed by atoms with van der Waals surface area (Å²) >= 11 is 0. The highest BCUT2D eigenvalue weighted by molar-refractivity contribution is 4.94. The fourth-order valence-corrected chi connectivity index (χ4v) is 2.44. The van der Waals surface area contributed by atoms with E-state index in [-0.39, 0.29) is 0 Å². The molecule has 2 heterocycles. The molecule has 0 aromatic rings. The van der Waals surface area contributed by atoms with E-state index in [1.54, 1.807) is 0 Å². The Kier molecular flexibility index (Phi) is 1.90. The minimum Gasteiger partial charge on any atom is -0.312 e. The van der Waals surface area contributed by atoms with Crippen molar-refractivity contribution in [3.05, 3.63) is 0 Å². The lowest BCUT2D eigenvalue weighted by Gasteiger charge is -2.35. The van der Waals surface area contributed by atoms with Gasteiger partial charge in [-0.15, -0.1) is 0 Å². The van der Waals surface area contributed by atoms with E-state index in [0.29, 0.717) is 0 Å². The molecule has 2 unspecified atom stereocenters. The van der Waals surface area contributed by atoms with Crippen molar-refractivity contribution >= 4 is 0 Å². The first-order valence-electron chi connectivity index (χ1n) is 4.76. The van der Waals surface area contributed by atoms with Gasteiger partial charge >= 0.3 is 0 Å². The maximum atomic E-state index is 3.56. The Bertz CT molecular complexity index is 144. The van der Waals surface area contributed by atoms with E-state index in [0.717, 1.165) is 18.1 Å². The van der Waals surface area contributed by atoms with Gasteiger partial charge in [0.15, 0.2) is 0 Å². The molecule has 2 saturated heterocycles. The molecule has 2 fully saturated rings. The van der Waals surface area contributed by atoms with Crippen LogP contribution in [0.4, 0.5) is 0 Å². The van der Waals surface area contributed by atoms with Crippen LogP contribution in [0.1, 0.15) is 26.7 Å². The third-order valence-electron chi connectivity index (χ3n) is 3.07. The Balaban J connectivity index is 2.01. The van der Waals surface area contributed by atoms with Gasteiger partial charge in [0.05, 0.1) is 0 Å². The van der Waals surface area contributed by atoms with Gasteiger partial charge in [-0.3, -0.25) is 4.90 Å². The number of fused-ring (bicyclic) bond motifs is 2. The highest BCUT2D eigenvalue weighted by Gasteiger charge is 2.34. The summed E-state index contributed by atoms with van der Waals surface area (Å²) in [4.78, 5) is 2.64. The summed E-state index contributed by atoms with van der Waals surface area (Å²) in [6.45, 7) is 7.14. The smallest absolute Gasteiger partial charge is 0.0238 e. The van der Waals surface area contributed by atoms with Crippen LogP contribution in [0.5, 0.6) is 0 Å². The van der Waals surface area contributed by atoms with Crippen molar-refractivity contribution in [2.45, 2.75) is 44.8 Å². The molecule has 0 radical (unpaired) electrons. The van der Waals surface area contributed by atoms with Gasteiger partial charge in [0.25, 0.3) is 0 Å². The summed E-state index contributed by atoms with van der Waals surface area (Å²) < 4.78 is 0. The molecule has 0 amide bonds. The molecule has 2 aliphatic rings. The number of nitrogens with one attached hydrogen (secondary N) is 1. The lowest BCUT2D eigenvalue weighted by atomic mass is 10.0. The second-order valence-corrected chi connectivity index (χ2v) is 4.11. The first kappa shape index (κ1) is 7.56. The van der Waals surface area contributed by atoms with Gasteiger partial charge in [0.1, 0.15) is 0 Å². The molecule has 2 bridgehead atoms. The molecule has 0 saturated carbocycles. The van der Waals surface area contributed by atoms with Crippen LogP contribution in [0.25, 0.3) is 0 Å². The molecule has 0 aliphatic carbocycles. The summed E-state index contributed by atoms with van der Waals surface area (Å²) in [5, 5.41) is 3.56. The van der Waals surface area contributed by atoms with Crippen molar-refractivity contribution in [1.29, 1.82) is 0 Å². The largest absolute Gasteiger partial charge is 0.312 e. The van der Waals surface area contributed by atoms with Crippen LogP contribution >= 0.6 is 0 Å². The Hall–Kier alpha value is -0.0800. The molecule has 2 aliphatic heterocycles. The zero-order valence-electron chi connectivity index (χ0n) is 7.51. The maximum absolute atomic E-state index is 3.56. The van der Waals surface area contributed by atoms with Crippen LogP contribution in [0.15, 0.2) is 0 Å². The van der Waals surface area contributed by atoms with Crippen LogP contribution in [0.3, 0.4) is 0 Å². The van der Waals surface area contributed by atoms with Crippen molar-refractivity contribution in [2.24, 2.45) is 0 Å². The van der Waals surface area contributed by atoms with Gasteiger partial charge < -0.3 is 5.32 Å². The number of rotatable bonds is 1. The molecule has 1 N–H and O–H groups in total. The van der Waals surface area contributed by atoms with Crippen LogP contribution in [-0.2, 0) is 0 Å². The zero-order valence-corrected chi connectivity index (χ0v) is 7.51. The summed E-state index contributed by atoms with van der Waals surface area (Å²) in [6, 6.07) is 2.42. The van der Waals surface area contributed by atoms with Crippen LogP contribution in [0, 0.1) is 0 Å². The monoisotopic (exact) mass is 154 g/mol. The molecule has 11 heavy (non-hydrogen) atoms. The average molecular weight is 154 g/mol. The highest BCUT2D eigenvalue weighted by atomic mass is 15.2. The van der Waals surface area contributed by atoms with Gasteiger partial charge in [0.2, 0.25) is 0 Å². The first-order valence-corrected chi connectivity index (χ1v) is 4.76. The highest BCUT2D eigenvalue weighted by Crippen LogP contribution is 2.24. The van der Waals surface area contributed by atoms with E-state index in [2.05, 4.69) is 24.1 Å². The molecule has 2 heteroatoms. The molecule has 64 valence electrons. The second-order valence-electron chi connectivity index (χ2n) is 4.11. The molecular formula is C9H18N2. The van der Waals surface area contributed by atoms with E-state index in [1.807, 2.05) is 0 Å². The molecule has 2 nitrogen and oxygen atoms in total. The van der Waals surface area contributed by atoms with Crippen molar-refractivity contribution in [1.82, 2.24) is 10.2 Å². The average Bonchev–Trinajstić information content (AvgIpc) is 2.32. The zero-order chi connectivity index (χ0) is 7.84. The first-order chi connectivity index (χ1) is 5.27. The van der Waals surface area contributed by atoms with E-state index in [4.69, 9.17) is 0 Å².